The maximum absolute atomic E-state index is 10.8. The molecule has 1 aromatic heterocycles. The first-order valence-corrected chi connectivity index (χ1v) is 6.69. The number of halogens is 3. The minimum atomic E-state index is -4.15. The van der Waals surface area contributed by atoms with Crippen LogP contribution in [0.1, 0.15) is 12.5 Å². The van der Waals surface area contributed by atoms with E-state index < -0.39 is 15.4 Å². The van der Waals surface area contributed by atoms with Gasteiger partial charge in [-0.2, -0.15) is 8.42 Å². The van der Waals surface area contributed by atoms with E-state index in [9.17, 15) is 8.42 Å². The average Bonchev–Trinajstić information content (AvgIpc) is 2.08. The Morgan fingerprint density at radius 3 is 2.06 bits per heavy atom. The minimum Gasteiger partial charge on any atom is -0.285 e. The van der Waals surface area contributed by atoms with Gasteiger partial charge in [-0.3, -0.25) is 4.55 Å². The van der Waals surface area contributed by atoms with E-state index in [1.54, 1.807) is 0 Å². The summed E-state index contributed by atoms with van der Waals surface area (Å²) < 4.78 is 30.5. The van der Waals surface area contributed by atoms with Crippen molar-refractivity contribution in [1.29, 1.82) is 0 Å². The molecule has 0 radical (unpaired) electrons. The molecule has 90 valence electrons. The zero-order valence-corrected chi connectivity index (χ0v) is 11.1. The molecular formula is C7H7Cl3N2O3S. The summed E-state index contributed by atoms with van der Waals surface area (Å²) >= 11 is 17.0. The van der Waals surface area contributed by atoms with Crippen LogP contribution >= 0.6 is 34.8 Å². The SMILES string of the molecule is CC(Cc1c(Cl)nc(Cl)nc1Cl)S(=O)(=O)O. The van der Waals surface area contributed by atoms with Crippen molar-refractivity contribution < 1.29 is 13.0 Å². The van der Waals surface area contributed by atoms with Gasteiger partial charge in [0.1, 0.15) is 10.3 Å². The largest absolute Gasteiger partial charge is 0.285 e. The van der Waals surface area contributed by atoms with Crippen LogP contribution in [0.25, 0.3) is 0 Å². The number of rotatable bonds is 3. The van der Waals surface area contributed by atoms with Crippen LogP contribution in [0.3, 0.4) is 0 Å². The molecule has 0 bridgehead atoms. The van der Waals surface area contributed by atoms with Gasteiger partial charge in [-0.05, 0) is 24.9 Å². The fourth-order valence-corrected chi connectivity index (χ4v) is 2.14. The molecule has 0 saturated heterocycles. The molecule has 0 aliphatic rings. The normalized spacial score (nSPS) is 13.8. The van der Waals surface area contributed by atoms with Crippen molar-refractivity contribution in [2.75, 3.05) is 0 Å². The summed E-state index contributed by atoms with van der Waals surface area (Å²) in [6.07, 6.45) is -0.0896. The summed E-state index contributed by atoms with van der Waals surface area (Å²) in [6, 6.07) is 0. The molecule has 5 nitrogen and oxygen atoms in total. The number of hydrogen-bond donors (Lipinski definition) is 1. The van der Waals surface area contributed by atoms with Crippen LogP contribution in [0.4, 0.5) is 0 Å². The molecule has 9 heteroatoms. The lowest BCUT2D eigenvalue weighted by atomic mass is 10.2. The molecule has 0 amide bonds. The predicted molar refractivity (Wildman–Crippen MR) is 61.8 cm³/mol. The summed E-state index contributed by atoms with van der Waals surface area (Å²) in [4.78, 5) is 7.26. The van der Waals surface area contributed by atoms with E-state index in [0.29, 0.717) is 0 Å². The van der Waals surface area contributed by atoms with Crippen molar-refractivity contribution in [3.63, 3.8) is 0 Å². The van der Waals surface area contributed by atoms with Crippen molar-refractivity contribution in [3.8, 4) is 0 Å². The fraction of sp³-hybridized carbons (Fsp3) is 0.429. The van der Waals surface area contributed by atoms with Gasteiger partial charge >= 0.3 is 0 Å². The van der Waals surface area contributed by atoms with E-state index >= 15 is 0 Å². The highest BCUT2D eigenvalue weighted by Crippen LogP contribution is 2.25. The van der Waals surface area contributed by atoms with Crippen LogP contribution < -0.4 is 0 Å². The van der Waals surface area contributed by atoms with Crippen molar-refractivity contribution in [3.05, 3.63) is 21.2 Å². The lowest BCUT2D eigenvalue weighted by molar-refractivity contribution is 0.469. The summed E-state index contributed by atoms with van der Waals surface area (Å²) in [6.45, 7) is 1.32. The van der Waals surface area contributed by atoms with Crippen LogP contribution in [0.5, 0.6) is 0 Å². The Labute approximate surface area is 108 Å². The van der Waals surface area contributed by atoms with E-state index in [4.69, 9.17) is 39.4 Å². The molecule has 0 saturated carbocycles. The summed E-state index contributed by atoms with van der Waals surface area (Å²) in [5.74, 6) is 0. The monoisotopic (exact) mass is 304 g/mol. The van der Waals surface area contributed by atoms with Gasteiger partial charge in [-0.1, -0.05) is 23.2 Å². The Balaban J connectivity index is 3.07. The minimum absolute atomic E-state index is 0.0273. The molecule has 16 heavy (non-hydrogen) atoms. The first-order valence-electron chi connectivity index (χ1n) is 4.05. The topological polar surface area (TPSA) is 80.2 Å². The van der Waals surface area contributed by atoms with Gasteiger partial charge in [-0.25, -0.2) is 9.97 Å². The summed E-state index contributed by atoms with van der Waals surface area (Å²) in [7, 11) is -4.15. The average molecular weight is 306 g/mol. The Kier molecular flexibility index (Phi) is 4.36. The molecule has 0 fully saturated rings. The molecule has 1 aromatic rings. The summed E-state index contributed by atoms with van der Waals surface area (Å²) in [5, 5.41) is -1.23. The molecule has 0 aromatic carbocycles. The van der Waals surface area contributed by atoms with E-state index in [0.717, 1.165) is 0 Å². The fourth-order valence-electron chi connectivity index (χ4n) is 0.968. The predicted octanol–water partition coefficient (Wildman–Crippen LogP) is 2.26. The molecular weight excluding hydrogens is 299 g/mol. The van der Waals surface area contributed by atoms with Crippen molar-refractivity contribution in [2.45, 2.75) is 18.6 Å². The first kappa shape index (κ1) is 13.9. The van der Waals surface area contributed by atoms with Gasteiger partial charge < -0.3 is 0 Å². The number of aromatic nitrogens is 2. The molecule has 0 spiro atoms. The van der Waals surface area contributed by atoms with Crippen molar-refractivity contribution >= 4 is 44.9 Å². The molecule has 0 aliphatic heterocycles. The zero-order valence-electron chi connectivity index (χ0n) is 7.98. The van der Waals surface area contributed by atoms with Gasteiger partial charge in [-0.15, -0.1) is 0 Å². The molecule has 1 N–H and O–H groups in total. The van der Waals surface area contributed by atoms with Gasteiger partial charge in [0, 0.05) is 5.56 Å². The van der Waals surface area contributed by atoms with Gasteiger partial charge in [0.15, 0.2) is 0 Å². The quantitative estimate of drug-likeness (QED) is 0.526. The zero-order chi connectivity index (χ0) is 12.5. The third kappa shape index (κ3) is 3.43. The Morgan fingerprint density at radius 1 is 1.25 bits per heavy atom. The maximum atomic E-state index is 10.8. The second-order valence-electron chi connectivity index (χ2n) is 3.08. The van der Waals surface area contributed by atoms with E-state index in [1.165, 1.54) is 6.92 Å². The third-order valence-electron chi connectivity index (χ3n) is 1.88. The number of hydrogen-bond acceptors (Lipinski definition) is 4. The van der Waals surface area contributed by atoms with Gasteiger partial charge in [0.05, 0.1) is 5.25 Å². The molecule has 1 unspecified atom stereocenters. The molecule has 1 atom stereocenters. The second-order valence-corrected chi connectivity index (χ2v) is 5.97. The van der Waals surface area contributed by atoms with E-state index in [2.05, 4.69) is 9.97 Å². The van der Waals surface area contributed by atoms with E-state index in [-0.39, 0.29) is 27.6 Å². The first-order chi connectivity index (χ1) is 7.21. The van der Waals surface area contributed by atoms with Crippen molar-refractivity contribution in [2.24, 2.45) is 0 Å². The Morgan fingerprint density at radius 2 is 1.69 bits per heavy atom. The van der Waals surface area contributed by atoms with Crippen LogP contribution in [0, 0.1) is 0 Å². The lowest BCUT2D eigenvalue weighted by Gasteiger charge is -2.10. The highest BCUT2D eigenvalue weighted by molar-refractivity contribution is 7.86. The molecule has 0 aliphatic carbocycles. The van der Waals surface area contributed by atoms with Crippen LogP contribution in [-0.2, 0) is 16.5 Å². The Bertz CT molecular complexity index is 483. The van der Waals surface area contributed by atoms with Crippen LogP contribution in [0.2, 0.25) is 15.6 Å². The van der Waals surface area contributed by atoms with Crippen molar-refractivity contribution in [1.82, 2.24) is 9.97 Å². The smallest absolute Gasteiger partial charge is 0.267 e. The second kappa shape index (κ2) is 5.01. The highest BCUT2D eigenvalue weighted by atomic mass is 35.5. The van der Waals surface area contributed by atoms with E-state index in [1.807, 2.05) is 0 Å². The molecule has 1 heterocycles. The standard InChI is InChI=1S/C7H7Cl3N2O3S/c1-3(16(13,14)15)2-4-5(8)11-7(10)12-6(4)9/h3H,2H2,1H3,(H,13,14,15). The van der Waals surface area contributed by atoms with Crippen LogP contribution in [-0.4, -0.2) is 28.2 Å². The highest BCUT2D eigenvalue weighted by Gasteiger charge is 2.22. The maximum Gasteiger partial charge on any atom is 0.267 e. The van der Waals surface area contributed by atoms with Gasteiger partial charge in [0.2, 0.25) is 5.28 Å². The van der Waals surface area contributed by atoms with Crippen LogP contribution in [0.15, 0.2) is 0 Å². The van der Waals surface area contributed by atoms with Gasteiger partial charge in [0.25, 0.3) is 10.1 Å². The summed E-state index contributed by atoms with van der Waals surface area (Å²) in [5.41, 5.74) is 0.234. The number of nitrogens with zero attached hydrogens (tertiary/aromatic N) is 2. The third-order valence-corrected chi connectivity index (χ3v) is 3.86. The Hall–Kier alpha value is -0.140. The molecule has 1 rings (SSSR count). The lowest BCUT2D eigenvalue weighted by Crippen LogP contribution is -2.20.